The molecule has 18 nitrogen and oxygen atoms in total. The van der Waals surface area contributed by atoms with Crippen LogP contribution in [0.25, 0.3) is 33.3 Å². The number of carbonyl (C=O) groups is 1. The van der Waals surface area contributed by atoms with Gasteiger partial charge in [0.25, 0.3) is 11.8 Å². The van der Waals surface area contributed by atoms with Crippen molar-refractivity contribution in [2.75, 3.05) is 5.73 Å². The number of hydrogen-bond donors (Lipinski definition) is 3. The molecule has 3 aromatic heterocycles. The van der Waals surface area contributed by atoms with Gasteiger partial charge in [0, 0.05) is 54.8 Å². The number of phenolic OH excluding ortho intramolecular Hbond substituents is 1. The fourth-order valence-electron chi connectivity index (χ4n) is 9.20. The Morgan fingerprint density at radius 2 is 0.776 bits per heavy atom. The highest BCUT2D eigenvalue weighted by Gasteiger charge is 2.54. The summed E-state index contributed by atoms with van der Waals surface area (Å²) in [5.74, 6) is -5.36. The number of hydrogen-bond acceptors (Lipinski definition) is 18. The van der Waals surface area contributed by atoms with E-state index in [0.717, 1.165) is 0 Å². The van der Waals surface area contributed by atoms with Gasteiger partial charge < -0.3 is 29.2 Å². The summed E-state index contributed by atoms with van der Waals surface area (Å²) < 4.78 is 169. The topological polar surface area (TPSA) is 298 Å². The highest BCUT2D eigenvalue weighted by Crippen LogP contribution is 2.49. The standard InChI is InChI=1S/C15H16ClF2NO3S.C15H18ClNO4S.C15H16ClNO4S.C10H10ClF2NO3S/c1-14(2,3)13-19-10-5-4-9(16)12(11(10)22-13)23(20,21)8-6-15(17,18)7-8;2*1-15(2,3)14-17-11-5-4-10(16)13(12(11)21-14)22(19,20)9-6-8(18)7-9;11-6-1-2-7(14)8(15)9(6)18(16,17)5-3-10(12,13)4-5/h4-5,8H,6-7H2,1-3H3;4-5,8-9,18H,6-7H2,1-3H3;4-5,9H,6-7H2,1-3H3;1-2,5,15H,3-4,14H2. The van der Waals surface area contributed by atoms with Crippen LogP contribution in [0.2, 0.25) is 20.1 Å². The Kier molecular flexibility index (Phi) is 17.6. The summed E-state index contributed by atoms with van der Waals surface area (Å²) in [5, 5.41) is 15.3. The largest absolute Gasteiger partial charge is 0.504 e. The lowest BCUT2D eigenvalue weighted by atomic mass is 9.94. The molecule has 4 N–H and O–H groups in total. The zero-order valence-corrected chi connectivity index (χ0v) is 53.3. The predicted octanol–water partition coefficient (Wildman–Crippen LogP) is 12.9. The zero-order valence-electron chi connectivity index (χ0n) is 47.0. The average Bonchev–Trinajstić information content (AvgIpc) is 1.97. The molecule has 4 aliphatic carbocycles. The first-order valence-corrected chi connectivity index (χ1v) is 33.9. The van der Waals surface area contributed by atoms with Gasteiger partial charge in [-0.25, -0.2) is 66.2 Å². The molecule has 0 atom stereocenters. The number of nitrogens with two attached hydrogens (primary N) is 1. The summed E-state index contributed by atoms with van der Waals surface area (Å²) in [6.07, 6.45) is -2.93. The Balaban J connectivity index is 0.000000148. The van der Waals surface area contributed by atoms with Gasteiger partial charge in [-0.3, -0.25) is 4.79 Å². The van der Waals surface area contributed by atoms with Crippen molar-refractivity contribution in [1.29, 1.82) is 0 Å². The van der Waals surface area contributed by atoms with E-state index in [-0.39, 0.29) is 99.5 Å². The molecule has 4 saturated carbocycles. The molecule has 0 unspecified atom stereocenters. The van der Waals surface area contributed by atoms with Gasteiger partial charge in [-0.1, -0.05) is 109 Å². The number of aliphatic hydroxyl groups is 1. The number of halogens is 8. The number of rotatable bonds is 8. The van der Waals surface area contributed by atoms with Gasteiger partial charge in [0.1, 0.15) is 41.9 Å². The first-order chi connectivity index (χ1) is 38.8. The number of fused-ring (bicyclic) bond motifs is 3. The normalized spacial score (nSPS) is 19.6. The number of aromatic nitrogens is 3. The summed E-state index contributed by atoms with van der Waals surface area (Å²) in [7, 11) is -15.5. The Bertz CT molecular complexity index is 4260. The predicted molar refractivity (Wildman–Crippen MR) is 312 cm³/mol. The van der Waals surface area contributed by atoms with Crippen molar-refractivity contribution in [1.82, 2.24) is 15.0 Å². The number of carbonyl (C=O) groups excluding carboxylic acids is 1. The highest BCUT2D eigenvalue weighted by molar-refractivity contribution is 7.93. The average molecular weight is 1350 g/mol. The fourth-order valence-corrected chi connectivity index (χ4v) is 19.0. The number of Topliss-reactive ketones (excluding diaryl/α,β-unsaturated/α-hetero) is 1. The number of ketones is 1. The van der Waals surface area contributed by atoms with Gasteiger partial charge in [0.05, 0.1) is 52.9 Å². The van der Waals surface area contributed by atoms with E-state index in [0.29, 0.717) is 34.2 Å². The molecule has 7 aromatic rings. The van der Waals surface area contributed by atoms with Gasteiger partial charge in [-0.15, -0.1) is 0 Å². The molecule has 3 heterocycles. The number of benzene rings is 4. The molecule has 11 rings (SSSR count). The SMILES string of the molecule is CC(C)(C)c1nc2ccc(Cl)c(S(=O)(=O)C3CC(=O)C3)c2o1.CC(C)(C)c1nc2ccc(Cl)c(S(=O)(=O)C3CC(F)(F)C3)c2o1.CC(C)(C)c1nc2ccc(Cl)c(S(=O)(=O)C3CC(O)C3)c2o1.Nc1ccc(Cl)c(S(=O)(=O)C2CC(F)(F)C2)c1O. The minimum Gasteiger partial charge on any atom is -0.504 e. The van der Waals surface area contributed by atoms with Crippen molar-refractivity contribution >= 4 is 131 Å². The van der Waals surface area contributed by atoms with E-state index in [9.17, 15) is 66.2 Å². The molecule has 0 amide bonds. The van der Waals surface area contributed by atoms with Crippen molar-refractivity contribution in [3.05, 3.63) is 86.3 Å². The van der Waals surface area contributed by atoms with Crippen LogP contribution in [0.5, 0.6) is 5.75 Å². The molecule has 85 heavy (non-hydrogen) atoms. The van der Waals surface area contributed by atoms with Gasteiger partial charge in [-0.05, 0) is 61.4 Å². The van der Waals surface area contributed by atoms with Crippen LogP contribution in [0.15, 0.2) is 81.4 Å². The Hall–Kier alpha value is -4.80. The number of aromatic hydroxyl groups is 1. The van der Waals surface area contributed by atoms with E-state index in [1.165, 1.54) is 30.3 Å². The third kappa shape index (κ3) is 13.2. The molecule has 4 aliphatic rings. The molecule has 0 saturated heterocycles. The van der Waals surface area contributed by atoms with E-state index in [4.69, 9.17) is 65.4 Å². The van der Waals surface area contributed by atoms with E-state index in [2.05, 4.69) is 15.0 Å². The number of sulfone groups is 4. The van der Waals surface area contributed by atoms with Crippen LogP contribution in [0.1, 0.15) is 131 Å². The molecule has 0 radical (unpaired) electrons. The number of oxazole rings is 3. The smallest absolute Gasteiger partial charge is 0.250 e. The molecule has 4 aromatic carbocycles. The molecule has 30 heteroatoms. The minimum absolute atomic E-state index is 0.00781. The van der Waals surface area contributed by atoms with Gasteiger partial charge >= 0.3 is 0 Å². The number of alkyl halides is 4. The number of nitrogen functional groups attached to an aromatic ring is 1. The van der Waals surface area contributed by atoms with Crippen LogP contribution in [0.3, 0.4) is 0 Å². The maximum atomic E-state index is 13.1. The second-order valence-corrected chi connectivity index (χ2v) is 34.9. The van der Waals surface area contributed by atoms with Crippen molar-refractivity contribution in [2.24, 2.45) is 0 Å². The van der Waals surface area contributed by atoms with Crippen LogP contribution in [-0.2, 0) is 60.4 Å². The summed E-state index contributed by atoms with van der Waals surface area (Å²) in [6, 6.07) is 11.7. The van der Waals surface area contributed by atoms with E-state index >= 15 is 0 Å². The second-order valence-electron chi connectivity index (χ2n) is 24.6. The third-order valence-electron chi connectivity index (χ3n) is 14.4. The first kappa shape index (κ1) is 66.2. The lowest BCUT2D eigenvalue weighted by molar-refractivity contribution is -0.123. The third-order valence-corrected chi connectivity index (χ3v) is 24.9. The number of aliphatic hydroxyl groups excluding tert-OH is 1. The Morgan fingerprint density at radius 1 is 0.494 bits per heavy atom. The van der Waals surface area contributed by atoms with Crippen molar-refractivity contribution in [3.8, 4) is 5.75 Å². The summed E-state index contributed by atoms with van der Waals surface area (Å²) in [4.78, 5) is 23.3. The lowest BCUT2D eigenvalue weighted by Crippen LogP contribution is -2.44. The van der Waals surface area contributed by atoms with Crippen LogP contribution < -0.4 is 5.73 Å². The number of nitrogens with zero attached hydrogens (tertiary/aromatic N) is 3. The van der Waals surface area contributed by atoms with Gasteiger partial charge in [-0.2, -0.15) is 0 Å². The Morgan fingerprint density at radius 3 is 1.07 bits per heavy atom. The zero-order chi connectivity index (χ0) is 63.5. The quantitative estimate of drug-likeness (QED) is 0.0723. The highest BCUT2D eigenvalue weighted by atomic mass is 35.5. The molecule has 4 fully saturated rings. The number of anilines is 1. The molecule has 0 spiro atoms. The van der Waals surface area contributed by atoms with Crippen molar-refractivity contribution in [2.45, 2.75) is 188 Å². The summed E-state index contributed by atoms with van der Waals surface area (Å²) in [5.41, 5.74) is 5.82. The Labute approximate surface area is 507 Å². The molecular weight excluding hydrogens is 1290 g/mol. The van der Waals surface area contributed by atoms with E-state index in [1.54, 1.807) is 18.2 Å². The molecule has 0 aliphatic heterocycles. The molecule has 0 bridgehead atoms. The van der Waals surface area contributed by atoms with Crippen molar-refractivity contribution < 1.29 is 79.5 Å². The first-order valence-electron chi connectivity index (χ1n) is 26.2. The van der Waals surface area contributed by atoms with Crippen LogP contribution >= 0.6 is 46.4 Å². The van der Waals surface area contributed by atoms with Crippen LogP contribution in [0.4, 0.5) is 23.2 Å². The minimum atomic E-state index is -4.10. The van der Waals surface area contributed by atoms with E-state index < -0.39 is 120 Å². The van der Waals surface area contributed by atoms with Crippen LogP contribution in [-0.4, -0.2) is 104 Å². The maximum Gasteiger partial charge on any atom is 0.250 e. The summed E-state index contributed by atoms with van der Waals surface area (Å²) >= 11 is 24.0. The van der Waals surface area contributed by atoms with Crippen LogP contribution in [0, 0.1) is 0 Å². The van der Waals surface area contributed by atoms with Gasteiger partial charge in [0.15, 0.2) is 61.8 Å². The summed E-state index contributed by atoms with van der Waals surface area (Å²) in [6.45, 7) is 17.2. The van der Waals surface area contributed by atoms with E-state index in [1.807, 2.05) is 62.3 Å². The maximum absolute atomic E-state index is 13.1. The molecule has 464 valence electrons. The number of phenols is 1. The second kappa shape index (κ2) is 22.7. The van der Waals surface area contributed by atoms with Crippen molar-refractivity contribution in [3.63, 3.8) is 0 Å². The molecular formula is C55H60Cl4F4N4O14S4. The van der Waals surface area contributed by atoms with Gasteiger partial charge in [0.2, 0.25) is 17.7 Å². The lowest BCUT2D eigenvalue weighted by Gasteiger charge is -2.34. The monoisotopic (exact) mass is 1340 g/mol. The fraction of sp³-hybridized carbons (Fsp3) is 0.491.